The summed E-state index contributed by atoms with van der Waals surface area (Å²) < 4.78 is 0. The van der Waals surface area contributed by atoms with Crippen LogP contribution >= 0.6 is 0 Å². The Morgan fingerprint density at radius 3 is 2.94 bits per heavy atom. The van der Waals surface area contributed by atoms with Crippen molar-refractivity contribution in [2.24, 2.45) is 5.92 Å². The zero-order valence-electron chi connectivity index (χ0n) is 9.52. The minimum absolute atomic E-state index is 0.258. The maximum atomic E-state index is 11.0. The van der Waals surface area contributed by atoms with Crippen molar-refractivity contribution in [1.82, 2.24) is 0 Å². The highest BCUT2D eigenvalue weighted by Crippen LogP contribution is 2.28. The molecule has 0 saturated carbocycles. The van der Waals surface area contributed by atoms with Gasteiger partial charge in [0.1, 0.15) is 0 Å². The minimum atomic E-state index is -0.688. The molecule has 0 saturated heterocycles. The van der Waals surface area contributed by atoms with E-state index in [-0.39, 0.29) is 5.92 Å². The van der Waals surface area contributed by atoms with E-state index in [1.165, 1.54) is 11.3 Å². The van der Waals surface area contributed by atoms with Gasteiger partial charge in [0.2, 0.25) is 0 Å². The molecule has 1 aromatic rings. The van der Waals surface area contributed by atoms with Crippen molar-refractivity contribution in [1.29, 1.82) is 0 Å². The van der Waals surface area contributed by atoms with Gasteiger partial charge in [-0.05, 0) is 24.5 Å². The molecule has 1 atom stereocenters. The van der Waals surface area contributed by atoms with E-state index in [0.29, 0.717) is 13.0 Å². The Bertz CT molecular complexity index is 389. The molecule has 0 aliphatic carbocycles. The van der Waals surface area contributed by atoms with Crippen LogP contribution in [0.1, 0.15) is 18.9 Å². The Labute approximate surface area is 95.7 Å². The van der Waals surface area contributed by atoms with Gasteiger partial charge in [-0.25, -0.2) is 0 Å². The van der Waals surface area contributed by atoms with Crippen LogP contribution in [0, 0.1) is 5.92 Å². The van der Waals surface area contributed by atoms with E-state index in [0.717, 1.165) is 13.0 Å². The fourth-order valence-electron chi connectivity index (χ4n) is 2.24. The molecule has 0 bridgehead atoms. The fraction of sp³-hybridized carbons (Fsp3) is 0.462. The molecular weight excluding hydrogens is 202 g/mol. The quantitative estimate of drug-likeness (QED) is 0.843. The number of aliphatic carboxylic acids is 1. The summed E-state index contributed by atoms with van der Waals surface area (Å²) >= 11 is 0. The predicted octanol–water partition coefficient (Wildman–Crippen LogP) is 2.16. The number of rotatable bonds is 4. The summed E-state index contributed by atoms with van der Waals surface area (Å²) in [6, 6.07) is 8.25. The van der Waals surface area contributed by atoms with Crippen molar-refractivity contribution in [3.8, 4) is 0 Å². The van der Waals surface area contributed by atoms with Crippen LogP contribution in [-0.2, 0) is 11.2 Å². The third-order valence-corrected chi connectivity index (χ3v) is 3.27. The molecule has 2 rings (SSSR count). The monoisotopic (exact) mass is 219 g/mol. The van der Waals surface area contributed by atoms with Crippen LogP contribution in [0.5, 0.6) is 0 Å². The number of anilines is 1. The van der Waals surface area contributed by atoms with Gasteiger partial charge in [0.05, 0.1) is 5.92 Å². The lowest BCUT2D eigenvalue weighted by Gasteiger charge is -2.22. The first-order valence-corrected chi connectivity index (χ1v) is 5.78. The molecular formula is C13H17NO2. The van der Waals surface area contributed by atoms with E-state index in [2.05, 4.69) is 17.0 Å². The van der Waals surface area contributed by atoms with Gasteiger partial charge in [0, 0.05) is 18.8 Å². The van der Waals surface area contributed by atoms with Crippen LogP contribution in [0.15, 0.2) is 24.3 Å². The fourth-order valence-corrected chi connectivity index (χ4v) is 2.24. The zero-order valence-corrected chi connectivity index (χ0v) is 9.52. The molecule has 0 fully saturated rings. The Morgan fingerprint density at radius 2 is 2.25 bits per heavy atom. The summed E-state index contributed by atoms with van der Waals surface area (Å²) in [5.74, 6) is -0.946. The van der Waals surface area contributed by atoms with Crippen molar-refractivity contribution in [2.75, 3.05) is 18.0 Å². The number of carboxylic acids is 1. The number of para-hydroxylation sites is 1. The van der Waals surface area contributed by atoms with E-state index in [4.69, 9.17) is 5.11 Å². The smallest absolute Gasteiger partial charge is 0.308 e. The average Bonchev–Trinajstić information content (AvgIpc) is 2.69. The highest BCUT2D eigenvalue weighted by atomic mass is 16.4. The Hall–Kier alpha value is -1.51. The van der Waals surface area contributed by atoms with Crippen LogP contribution in [0.2, 0.25) is 0 Å². The van der Waals surface area contributed by atoms with Crippen LogP contribution in [-0.4, -0.2) is 24.2 Å². The third-order valence-electron chi connectivity index (χ3n) is 3.27. The van der Waals surface area contributed by atoms with Gasteiger partial charge in [0.15, 0.2) is 0 Å². The van der Waals surface area contributed by atoms with Gasteiger partial charge in [-0.1, -0.05) is 25.1 Å². The summed E-state index contributed by atoms with van der Waals surface area (Å²) in [4.78, 5) is 13.2. The third kappa shape index (κ3) is 2.03. The van der Waals surface area contributed by atoms with Crippen LogP contribution in [0.4, 0.5) is 5.69 Å². The number of fused-ring (bicyclic) bond motifs is 1. The number of nitrogens with zero attached hydrogens (tertiary/aromatic N) is 1. The zero-order chi connectivity index (χ0) is 11.5. The molecule has 1 unspecified atom stereocenters. The van der Waals surface area contributed by atoms with Gasteiger partial charge in [-0.15, -0.1) is 0 Å². The molecule has 0 amide bonds. The maximum Gasteiger partial charge on any atom is 0.308 e. The van der Waals surface area contributed by atoms with Gasteiger partial charge in [-0.3, -0.25) is 4.79 Å². The highest BCUT2D eigenvalue weighted by molar-refractivity contribution is 5.71. The molecule has 0 spiro atoms. The summed E-state index contributed by atoms with van der Waals surface area (Å²) in [5, 5.41) is 9.05. The topological polar surface area (TPSA) is 40.5 Å². The van der Waals surface area contributed by atoms with E-state index < -0.39 is 5.97 Å². The summed E-state index contributed by atoms with van der Waals surface area (Å²) in [7, 11) is 0. The SMILES string of the molecule is CCC(CN1CCc2ccccc21)C(=O)O. The van der Waals surface area contributed by atoms with Crippen molar-refractivity contribution in [2.45, 2.75) is 19.8 Å². The largest absolute Gasteiger partial charge is 0.481 e. The standard InChI is InChI=1S/C13H17NO2/c1-2-10(13(15)16)9-14-8-7-11-5-3-4-6-12(11)14/h3-6,10H,2,7-9H2,1H3,(H,15,16). The lowest BCUT2D eigenvalue weighted by Crippen LogP contribution is -2.31. The van der Waals surface area contributed by atoms with Crippen molar-refractivity contribution in [3.63, 3.8) is 0 Å². The molecule has 1 N–H and O–H groups in total. The second kappa shape index (κ2) is 4.56. The van der Waals surface area contributed by atoms with Gasteiger partial charge >= 0.3 is 5.97 Å². The molecule has 1 aliphatic rings. The van der Waals surface area contributed by atoms with E-state index in [1.54, 1.807) is 0 Å². The number of hydrogen-bond donors (Lipinski definition) is 1. The first-order valence-electron chi connectivity index (χ1n) is 5.78. The first kappa shape index (κ1) is 11.0. The van der Waals surface area contributed by atoms with Crippen molar-refractivity contribution in [3.05, 3.63) is 29.8 Å². The van der Waals surface area contributed by atoms with E-state index >= 15 is 0 Å². The summed E-state index contributed by atoms with van der Waals surface area (Å²) in [6.45, 7) is 3.51. The Morgan fingerprint density at radius 1 is 1.50 bits per heavy atom. The van der Waals surface area contributed by atoms with Gasteiger partial charge in [0.25, 0.3) is 0 Å². The maximum absolute atomic E-state index is 11.0. The van der Waals surface area contributed by atoms with Gasteiger partial charge in [-0.2, -0.15) is 0 Å². The number of benzene rings is 1. The molecule has 1 aliphatic heterocycles. The van der Waals surface area contributed by atoms with Crippen LogP contribution < -0.4 is 4.90 Å². The first-order chi connectivity index (χ1) is 7.72. The summed E-state index contributed by atoms with van der Waals surface area (Å²) in [6.07, 6.45) is 1.72. The van der Waals surface area contributed by atoms with Gasteiger partial charge < -0.3 is 10.0 Å². The van der Waals surface area contributed by atoms with Crippen molar-refractivity contribution >= 4 is 11.7 Å². The lowest BCUT2D eigenvalue weighted by molar-refractivity contribution is -0.141. The molecule has 86 valence electrons. The van der Waals surface area contributed by atoms with Crippen molar-refractivity contribution < 1.29 is 9.90 Å². The predicted molar refractivity (Wildman–Crippen MR) is 63.8 cm³/mol. The Balaban J connectivity index is 2.11. The number of hydrogen-bond acceptors (Lipinski definition) is 2. The second-order valence-corrected chi connectivity index (χ2v) is 4.27. The molecule has 0 aromatic heterocycles. The highest BCUT2D eigenvalue weighted by Gasteiger charge is 2.24. The number of carboxylic acid groups (broad SMARTS) is 1. The molecule has 3 heteroatoms. The average molecular weight is 219 g/mol. The number of carbonyl (C=O) groups is 1. The summed E-state index contributed by atoms with van der Waals surface area (Å²) in [5.41, 5.74) is 2.55. The molecule has 1 heterocycles. The normalized spacial score (nSPS) is 15.9. The molecule has 1 aromatic carbocycles. The molecule has 16 heavy (non-hydrogen) atoms. The van der Waals surface area contributed by atoms with Crippen LogP contribution in [0.25, 0.3) is 0 Å². The minimum Gasteiger partial charge on any atom is -0.481 e. The van der Waals surface area contributed by atoms with Crippen LogP contribution in [0.3, 0.4) is 0 Å². The lowest BCUT2D eigenvalue weighted by atomic mass is 10.1. The molecule has 0 radical (unpaired) electrons. The second-order valence-electron chi connectivity index (χ2n) is 4.27. The van der Waals surface area contributed by atoms with E-state index in [9.17, 15) is 4.79 Å². The van der Waals surface area contributed by atoms with E-state index in [1.807, 2.05) is 19.1 Å². The molecule has 3 nitrogen and oxygen atoms in total. The Kier molecular flexibility index (Phi) is 3.13.